The fourth-order valence-corrected chi connectivity index (χ4v) is 4.46. The Kier molecular flexibility index (Phi) is 5.57. The number of pyridine rings is 1. The fraction of sp³-hybridized carbons (Fsp3) is 0.280. The Morgan fingerprint density at radius 3 is 2.75 bits per heavy atom. The molecule has 164 valence electrons. The monoisotopic (exact) mass is 435 g/mol. The van der Waals surface area contributed by atoms with Gasteiger partial charge in [-0.15, -0.1) is 0 Å². The molecule has 5 rings (SSSR count). The number of hydrogen-bond acceptors (Lipinski definition) is 4. The molecule has 0 saturated carbocycles. The second-order valence-electron chi connectivity index (χ2n) is 8.22. The van der Waals surface area contributed by atoms with Crippen LogP contribution in [0, 0.1) is 11.6 Å². The highest BCUT2D eigenvalue weighted by Crippen LogP contribution is 2.36. The highest BCUT2D eigenvalue weighted by molar-refractivity contribution is 5.98. The zero-order valence-electron chi connectivity index (χ0n) is 17.5. The summed E-state index contributed by atoms with van der Waals surface area (Å²) in [5.41, 5.74) is 4.12. The van der Waals surface area contributed by atoms with Gasteiger partial charge in [0.05, 0.1) is 12.6 Å². The smallest absolute Gasteiger partial charge is 0.251 e. The number of rotatable bonds is 5. The number of hydrogen-bond donors (Lipinski definition) is 1. The number of halogens is 2. The van der Waals surface area contributed by atoms with Crippen LogP contribution in [0.25, 0.3) is 0 Å². The molecule has 2 aliphatic rings. The van der Waals surface area contributed by atoms with E-state index in [1.165, 1.54) is 12.1 Å². The average molecular weight is 435 g/mol. The van der Waals surface area contributed by atoms with Crippen LogP contribution in [0.3, 0.4) is 0 Å². The molecule has 1 fully saturated rings. The lowest BCUT2D eigenvalue weighted by atomic mass is 10.0. The first-order valence-corrected chi connectivity index (χ1v) is 10.7. The van der Waals surface area contributed by atoms with Crippen LogP contribution in [0.4, 0.5) is 20.3 Å². The summed E-state index contributed by atoms with van der Waals surface area (Å²) in [5.74, 6) is -0.496. The van der Waals surface area contributed by atoms with Gasteiger partial charge in [0.25, 0.3) is 5.91 Å². The van der Waals surface area contributed by atoms with Crippen molar-refractivity contribution in [2.75, 3.05) is 24.7 Å². The van der Waals surface area contributed by atoms with Gasteiger partial charge in [0, 0.05) is 36.7 Å². The quantitative estimate of drug-likeness (QED) is 0.654. The molecule has 5 nitrogen and oxygen atoms in total. The van der Waals surface area contributed by atoms with Crippen molar-refractivity contribution < 1.29 is 18.3 Å². The van der Waals surface area contributed by atoms with E-state index in [1.807, 2.05) is 30.3 Å². The molecule has 32 heavy (non-hydrogen) atoms. The summed E-state index contributed by atoms with van der Waals surface area (Å²) in [6.45, 7) is 1.94. The maximum atomic E-state index is 13.6. The van der Waals surface area contributed by atoms with E-state index in [0.29, 0.717) is 37.3 Å². The van der Waals surface area contributed by atoms with Gasteiger partial charge in [-0.2, -0.15) is 0 Å². The molecule has 2 aliphatic heterocycles. The standard InChI is InChI=1S/C25H23F2N3O2/c26-18-11-17(12-19(27)14-18)10-16-4-7-28-24(13-16)30-8-5-21-22(2-1-3-23(21)30)25(31)29-20-6-9-32-15-20/h1-4,7,11-14,20H,5-6,8-10,15H2,(H,29,31). The predicted molar refractivity (Wildman–Crippen MR) is 117 cm³/mol. The molecule has 0 aliphatic carbocycles. The van der Waals surface area contributed by atoms with Crippen LogP contribution in [-0.4, -0.2) is 36.7 Å². The molecule has 1 unspecified atom stereocenters. The molecule has 1 aromatic heterocycles. The first-order valence-electron chi connectivity index (χ1n) is 10.7. The summed E-state index contributed by atoms with van der Waals surface area (Å²) >= 11 is 0. The SMILES string of the molecule is O=C(NC1CCOC1)c1cccc2c1CCN2c1cc(Cc2cc(F)cc(F)c2)ccn1. The lowest BCUT2D eigenvalue weighted by Gasteiger charge is -2.20. The van der Waals surface area contributed by atoms with Crippen molar-refractivity contribution in [2.24, 2.45) is 0 Å². The Balaban J connectivity index is 1.38. The topological polar surface area (TPSA) is 54.5 Å². The Morgan fingerprint density at radius 2 is 1.97 bits per heavy atom. The average Bonchev–Trinajstić information content (AvgIpc) is 3.42. The van der Waals surface area contributed by atoms with E-state index < -0.39 is 11.6 Å². The highest BCUT2D eigenvalue weighted by Gasteiger charge is 2.27. The molecule has 1 amide bonds. The Hall–Kier alpha value is -3.32. The molecule has 0 radical (unpaired) electrons. The van der Waals surface area contributed by atoms with E-state index in [1.54, 1.807) is 6.20 Å². The molecule has 1 N–H and O–H groups in total. The van der Waals surface area contributed by atoms with Crippen molar-refractivity contribution in [2.45, 2.75) is 25.3 Å². The van der Waals surface area contributed by atoms with E-state index in [-0.39, 0.29) is 11.9 Å². The van der Waals surface area contributed by atoms with Gasteiger partial charge in [-0.05, 0) is 72.4 Å². The second kappa shape index (κ2) is 8.67. The minimum absolute atomic E-state index is 0.0573. The minimum Gasteiger partial charge on any atom is -0.379 e. The minimum atomic E-state index is -0.585. The van der Waals surface area contributed by atoms with Gasteiger partial charge in [-0.1, -0.05) is 6.07 Å². The van der Waals surface area contributed by atoms with Crippen LogP contribution in [-0.2, 0) is 17.6 Å². The number of carbonyl (C=O) groups is 1. The van der Waals surface area contributed by atoms with Crippen molar-refractivity contribution in [1.29, 1.82) is 0 Å². The third kappa shape index (κ3) is 4.21. The zero-order chi connectivity index (χ0) is 22.1. The molecule has 1 saturated heterocycles. The van der Waals surface area contributed by atoms with Crippen LogP contribution in [0.15, 0.2) is 54.7 Å². The first kappa shape index (κ1) is 20.6. The lowest BCUT2D eigenvalue weighted by molar-refractivity contribution is 0.0929. The van der Waals surface area contributed by atoms with Gasteiger partial charge in [0.1, 0.15) is 17.5 Å². The largest absolute Gasteiger partial charge is 0.379 e. The van der Waals surface area contributed by atoms with Crippen molar-refractivity contribution in [1.82, 2.24) is 10.3 Å². The van der Waals surface area contributed by atoms with Crippen LogP contribution >= 0.6 is 0 Å². The summed E-state index contributed by atoms with van der Waals surface area (Å²) in [6, 6.07) is 13.1. The summed E-state index contributed by atoms with van der Waals surface area (Å²) in [5, 5.41) is 3.07. The number of nitrogens with zero attached hydrogens (tertiary/aromatic N) is 2. The fourth-order valence-electron chi connectivity index (χ4n) is 4.46. The van der Waals surface area contributed by atoms with E-state index >= 15 is 0 Å². The maximum Gasteiger partial charge on any atom is 0.251 e. The predicted octanol–water partition coefficient (Wildman–Crippen LogP) is 4.16. The number of amides is 1. The van der Waals surface area contributed by atoms with Gasteiger partial charge in [0.2, 0.25) is 0 Å². The Labute approximate surface area is 185 Å². The number of fused-ring (bicyclic) bond motifs is 1. The molecule has 3 heterocycles. The number of aromatic nitrogens is 1. The molecule has 0 bridgehead atoms. The summed E-state index contributed by atoms with van der Waals surface area (Å²) in [4.78, 5) is 19.5. The summed E-state index contributed by atoms with van der Waals surface area (Å²) < 4.78 is 32.5. The van der Waals surface area contributed by atoms with Crippen molar-refractivity contribution in [3.05, 3.63) is 88.6 Å². The van der Waals surface area contributed by atoms with Gasteiger partial charge in [0.15, 0.2) is 0 Å². The van der Waals surface area contributed by atoms with Gasteiger partial charge in [-0.25, -0.2) is 13.8 Å². The van der Waals surface area contributed by atoms with E-state index in [0.717, 1.165) is 41.5 Å². The van der Waals surface area contributed by atoms with Crippen LogP contribution in [0.2, 0.25) is 0 Å². The van der Waals surface area contributed by atoms with Crippen LogP contribution in [0.1, 0.15) is 33.5 Å². The lowest BCUT2D eigenvalue weighted by Crippen LogP contribution is -2.35. The molecular weight excluding hydrogens is 412 g/mol. The Bertz CT molecular complexity index is 1140. The van der Waals surface area contributed by atoms with Crippen LogP contribution < -0.4 is 10.2 Å². The molecular formula is C25H23F2N3O2. The van der Waals surface area contributed by atoms with Crippen molar-refractivity contribution in [3.63, 3.8) is 0 Å². The second-order valence-corrected chi connectivity index (χ2v) is 8.22. The van der Waals surface area contributed by atoms with Gasteiger partial charge >= 0.3 is 0 Å². The van der Waals surface area contributed by atoms with E-state index in [4.69, 9.17) is 4.74 Å². The number of benzene rings is 2. The molecule has 3 aromatic rings. The third-order valence-corrected chi connectivity index (χ3v) is 5.95. The number of nitrogens with one attached hydrogen (secondary N) is 1. The maximum absolute atomic E-state index is 13.6. The van der Waals surface area contributed by atoms with Crippen molar-refractivity contribution >= 4 is 17.4 Å². The molecule has 0 spiro atoms. The normalized spacial score (nSPS) is 17.4. The summed E-state index contributed by atoms with van der Waals surface area (Å²) in [7, 11) is 0. The summed E-state index contributed by atoms with van der Waals surface area (Å²) in [6.07, 6.45) is 3.67. The van der Waals surface area contributed by atoms with Crippen LogP contribution in [0.5, 0.6) is 0 Å². The Morgan fingerprint density at radius 1 is 1.12 bits per heavy atom. The number of ether oxygens (including phenoxy) is 1. The zero-order valence-corrected chi connectivity index (χ0v) is 17.5. The number of anilines is 2. The molecule has 7 heteroatoms. The van der Waals surface area contributed by atoms with E-state index in [9.17, 15) is 13.6 Å². The number of carbonyl (C=O) groups excluding carboxylic acids is 1. The van der Waals surface area contributed by atoms with Gasteiger partial charge < -0.3 is 15.0 Å². The molecule has 1 atom stereocenters. The van der Waals surface area contributed by atoms with Gasteiger partial charge in [-0.3, -0.25) is 4.79 Å². The third-order valence-electron chi connectivity index (χ3n) is 5.95. The highest BCUT2D eigenvalue weighted by atomic mass is 19.1. The van der Waals surface area contributed by atoms with Crippen molar-refractivity contribution in [3.8, 4) is 0 Å². The molecule has 2 aromatic carbocycles. The van der Waals surface area contributed by atoms with E-state index in [2.05, 4.69) is 15.2 Å². The first-order chi connectivity index (χ1) is 15.6.